The van der Waals surface area contributed by atoms with Crippen LogP contribution in [0.3, 0.4) is 0 Å². The second-order valence-corrected chi connectivity index (χ2v) is 6.70. The quantitative estimate of drug-likeness (QED) is 0.593. The predicted octanol–water partition coefficient (Wildman–Crippen LogP) is 5.07. The maximum atomic E-state index is 16.0. The van der Waals surface area contributed by atoms with Crippen molar-refractivity contribution in [3.63, 3.8) is 0 Å². The van der Waals surface area contributed by atoms with E-state index >= 15 is 8.78 Å². The van der Waals surface area contributed by atoms with E-state index in [9.17, 15) is 0 Å². The zero-order chi connectivity index (χ0) is 19.4. The normalized spacial score (nSPS) is 24.4. The first-order valence-corrected chi connectivity index (χ1v) is 8.89. The molecule has 2 bridgehead atoms. The fraction of sp³-hybridized carbons (Fsp3) is 0.182. The molecule has 0 saturated carbocycles. The smallest absolute Gasteiger partial charge is 0.397 e. The van der Waals surface area contributed by atoms with Gasteiger partial charge in [-0.15, -0.1) is 0 Å². The Hall–Kier alpha value is -3.12. The summed E-state index contributed by atoms with van der Waals surface area (Å²) in [5.41, 5.74) is 1.14. The molecule has 0 N–H and O–H groups in total. The Morgan fingerprint density at radius 3 is 2.29 bits per heavy atom. The van der Waals surface area contributed by atoms with Gasteiger partial charge in [-0.25, -0.2) is 0 Å². The molecule has 1 saturated heterocycles. The number of halogens is 2. The van der Waals surface area contributed by atoms with Crippen molar-refractivity contribution in [2.24, 2.45) is 0 Å². The van der Waals surface area contributed by atoms with Gasteiger partial charge in [0.2, 0.25) is 0 Å². The van der Waals surface area contributed by atoms with E-state index in [-0.39, 0.29) is 5.56 Å². The van der Waals surface area contributed by atoms with Gasteiger partial charge < -0.3 is 14.2 Å². The second kappa shape index (κ2) is 5.94. The number of benzene rings is 3. The van der Waals surface area contributed by atoms with Crippen molar-refractivity contribution in [3.8, 4) is 11.5 Å². The number of alkyl halides is 2. The minimum atomic E-state index is -3.47. The summed E-state index contributed by atoms with van der Waals surface area (Å²) < 4.78 is 49.0. The standard InChI is InChI=1S/C22H17F2NO3/c1-26-17-13-11-15(12-14-17)21-22(23,24)25(16-7-3-2-4-8-16)20(28-21)18-9-5-6-10-19(18)27-21/h2-14,20H,1H3. The molecule has 6 heteroatoms. The lowest BCUT2D eigenvalue weighted by atomic mass is 10.0. The molecule has 0 spiro atoms. The number of fused-ring (bicyclic) bond motifs is 4. The van der Waals surface area contributed by atoms with E-state index in [4.69, 9.17) is 14.2 Å². The Labute approximate surface area is 160 Å². The number of para-hydroxylation sites is 2. The third-order valence-corrected chi connectivity index (χ3v) is 5.15. The van der Waals surface area contributed by atoms with Gasteiger partial charge in [0, 0.05) is 16.8 Å². The van der Waals surface area contributed by atoms with Gasteiger partial charge in [-0.2, -0.15) is 8.78 Å². The number of rotatable bonds is 3. The molecule has 0 aromatic heterocycles. The van der Waals surface area contributed by atoms with E-state index in [1.165, 1.54) is 7.11 Å². The molecule has 0 amide bonds. The zero-order valence-electron chi connectivity index (χ0n) is 15.0. The molecular weight excluding hydrogens is 364 g/mol. The lowest BCUT2D eigenvalue weighted by Gasteiger charge is -2.36. The molecule has 3 aromatic carbocycles. The number of methoxy groups -OCH3 is 1. The van der Waals surface area contributed by atoms with Crippen LogP contribution in [0.1, 0.15) is 17.4 Å². The van der Waals surface area contributed by atoms with Gasteiger partial charge in [0.15, 0.2) is 6.23 Å². The zero-order valence-corrected chi connectivity index (χ0v) is 15.0. The van der Waals surface area contributed by atoms with Gasteiger partial charge in [0.05, 0.1) is 7.11 Å². The molecule has 1 fully saturated rings. The van der Waals surface area contributed by atoms with Gasteiger partial charge in [-0.05, 0) is 42.5 Å². The highest BCUT2D eigenvalue weighted by atomic mass is 19.3. The van der Waals surface area contributed by atoms with E-state index in [1.807, 2.05) is 0 Å². The Morgan fingerprint density at radius 1 is 0.893 bits per heavy atom. The van der Waals surface area contributed by atoms with E-state index in [0.717, 1.165) is 4.90 Å². The molecule has 0 radical (unpaired) electrons. The van der Waals surface area contributed by atoms with Crippen LogP contribution in [-0.4, -0.2) is 13.2 Å². The highest BCUT2D eigenvalue weighted by Gasteiger charge is 2.73. The number of ether oxygens (including phenoxy) is 3. The third kappa shape index (κ3) is 2.18. The SMILES string of the molecule is COc1ccc(C23Oc4ccccc4C(O2)N(c2ccccc2)C3(F)F)cc1. The maximum Gasteiger partial charge on any atom is 0.397 e. The topological polar surface area (TPSA) is 30.9 Å². The Morgan fingerprint density at radius 2 is 1.57 bits per heavy atom. The second-order valence-electron chi connectivity index (χ2n) is 6.70. The first-order valence-electron chi connectivity index (χ1n) is 8.89. The Bertz CT molecular complexity index is 1010. The summed E-state index contributed by atoms with van der Waals surface area (Å²) in [5, 5.41) is 0. The largest absolute Gasteiger partial charge is 0.497 e. The lowest BCUT2D eigenvalue weighted by Crippen LogP contribution is -2.53. The van der Waals surface area contributed by atoms with Crippen molar-refractivity contribution in [1.82, 2.24) is 0 Å². The summed E-state index contributed by atoms with van der Waals surface area (Å²) >= 11 is 0. The number of anilines is 1. The van der Waals surface area contributed by atoms with Crippen molar-refractivity contribution in [2.75, 3.05) is 12.0 Å². The monoisotopic (exact) mass is 381 g/mol. The molecule has 28 heavy (non-hydrogen) atoms. The molecule has 142 valence electrons. The van der Waals surface area contributed by atoms with Gasteiger partial charge in [-0.3, -0.25) is 4.90 Å². The highest BCUT2D eigenvalue weighted by molar-refractivity contribution is 5.56. The predicted molar refractivity (Wildman–Crippen MR) is 99.4 cm³/mol. The number of hydrogen-bond acceptors (Lipinski definition) is 4. The van der Waals surface area contributed by atoms with Crippen LogP contribution in [0.25, 0.3) is 0 Å². The van der Waals surface area contributed by atoms with Crippen LogP contribution in [0.5, 0.6) is 11.5 Å². The van der Waals surface area contributed by atoms with Gasteiger partial charge in [0.1, 0.15) is 11.5 Å². The van der Waals surface area contributed by atoms with Crippen LogP contribution in [0.15, 0.2) is 78.9 Å². The van der Waals surface area contributed by atoms with Crippen LogP contribution in [0.4, 0.5) is 14.5 Å². The summed E-state index contributed by atoms with van der Waals surface area (Å²) in [4.78, 5) is 0.989. The first-order chi connectivity index (χ1) is 13.6. The minimum absolute atomic E-state index is 0.219. The molecule has 4 nitrogen and oxygen atoms in total. The summed E-state index contributed by atoms with van der Waals surface area (Å²) in [6.45, 7) is 0. The number of nitrogens with zero attached hydrogens (tertiary/aromatic N) is 1. The van der Waals surface area contributed by atoms with Crippen LogP contribution in [-0.2, 0) is 10.5 Å². The van der Waals surface area contributed by atoms with Crippen LogP contribution < -0.4 is 14.4 Å². The van der Waals surface area contributed by atoms with E-state index in [0.29, 0.717) is 22.7 Å². The lowest BCUT2D eigenvalue weighted by molar-refractivity contribution is -0.280. The molecule has 2 aliphatic rings. The van der Waals surface area contributed by atoms with Crippen molar-refractivity contribution >= 4 is 5.69 Å². The molecule has 0 aliphatic carbocycles. The Kier molecular flexibility index (Phi) is 3.61. The van der Waals surface area contributed by atoms with Crippen LogP contribution >= 0.6 is 0 Å². The summed E-state index contributed by atoms with van der Waals surface area (Å²) in [5.74, 6) is -1.32. The third-order valence-electron chi connectivity index (χ3n) is 5.15. The van der Waals surface area contributed by atoms with E-state index < -0.39 is 18.1 Å². The van der Waals surface area contributed by atoms with Crippen molar-refractivity contribution in [3.05, 3.63) is 90.0 Å². The van der Waals surface area contributed by atoms with Crippen molar-refractivity contribution < 1.29 is 23.0 Å². The molecular formula is C22H17F2NO3. The fourth-order valence-corrected chi connectivity index (χ4v) is 3.80. The molecule has 2 heterocycles. The van der Waals surface area contributed by atoms with Gasteiger partial charge in [0.25, 0.3) is 0 Å². The van der Waals surface area contributed by atoms with Crippen LogP contribution in [0.2, 0.25) is 0 Å². The average molecular weight is 381 g/mol. The molecule has 2 unspecified atom stereocenters. The number of hydrogen-bond donors (Lipinski definition) is 0. The summed E-state index contributed by atoms with van der Waals surface area (Å²) in [6, 6.07) is 18.4. The molecule has 3 aromatic rings. The average Bonchev–Trinajstić information content (AvgIpc) is 2.92. The van der Waals surface area contributed by atoms with E-state index in [2.05, 4.69) is 0 Å². The Balaban J connectivity index is 1.73. The molecule has 2 atom stereocenters. The first kappa shape index (κ1) is 17.0. The maximum absolute atomic E-state index is 16.0. The van der Waals surface area contributed by atoms with Gasteiger partial charge >= 0.3 is 11.8 Å². The van der Waals surface area contributed by atoms with Crippen molar-refractivity contribution in [2.45, 2.75) is 18.1 Å². The molecule has 5 rings (SSSR count). The summed E-state index contributed by atoms with van der Waals surface area (Å²) in [7, 11) is 1.52. The van der Waals surface area contributed by atoms with E-state index in [1.54, 1.807) is 78.9 Å². The highest BCUT2D eigenvalue weighted by Crippen LogP contribution is 2.61. The van der Waals surface area contributed by atoms with Crippen molar-refractivity contribution in [1.29, 1.82) is 0 Å². The molecule has 2 aliphatic heterocycles. The van der Waals surface area contributed by atoms with Gasteiger partial charge in [-0.1, -0.05) is 36.4 Å². The minimum Gasteiger partial charge on any atom is -0.497 e. The van der Waals surface area contributed by atoms with Crippen LogP contribution in [0, 0.1) is 0 Å². The summed E-state index contributed by atoms with van der Waals surface area (Å²) in [6.07, 6.45) is -0.982. The fourth-order valence-electron chi connectivity index (χ4n) is 3.80.